The number of hydrogen-bond donors (Lipinski definition) is 0. The molecule has 1 aromatic carbocycles. The summed E-state index contributed by atoms with van der Waals surface area (Å²) >= 11 is 0. The number of ketones is 1. The fourth-order valence-corrected chi connectivity index (χ4v) is 2.87. The van der Waals surface area contributed by atoms with Gasteiger partial charge in [-0.25, -0.2) is 0 Å². The molecule has 1 heterocycles. The molecule has 0 radical (unpaired) electrons. The first-order valence-corrected chi connectivity index (χ1v) is 6.63. The van der Waals surface area contributed by atoms with E-state index in [4.69, 9.17) is 0 Å². The third-order valence-electron chi connectivity index (χ3n) is 4.18. The molecule has 0 aromatic heterocycles. The first-order chi connectivity index (χ1) is 8.24. The van der Waals surface area contributed by atoms with Crippen molar-refractivity contribution in [1.29, 1.82) is 0 Å². The van der Waals surface area contributed by atoms with E-state index in [1.54, 1.807) is 6.92 Å². The lowest BCUT2D eigenvalue weighted by Crippen LogP contribution is -2.31. The molecule has 1 aliphatic carbocycles. The van der Waals surface area contributed by atoms with Crippen molar-refractivity contribution in [2.75, 3.05) is 18.0 Å². The topological polar surface area (TPSA) is 20.3 Å². The van der Waals surface area contributed by atoms with Gasteiger partial charge < -0.3 is 4.90 Å². The van der Waals surface area contributed by atoms with E-state index in [2.05, 4.69) is 17.0 Å². The average Bonchev–Trinajstić information content (AvgIpc) is 2.65. The summed E-state index contributed by atoms with van der Waals surface area (Å²) < 4.78 is 0. The van der Waals surface area contributed by atoms with Crippen LogP contribution < -0.4 is 4.90 Å². The lowest BCUT2D eigenvalue weighted by atomic mass is 9.85. The number of nitrogens with zero attached hydrogens (tertiary/aromatic N) is 1. The van der Waals surface area contributed by atoms with Crippen molar-refractivity contribution >= 4 is 11.5 Å². The molecule has 0 saturated heterocycles. The SMILES string of the molecule is CC(=O)c1ccc2c(c1)CCN2CC1CCC1. The highest BCUT2D eigenvalue weighted by Crippen LogP contribution is 2.33. The standard InChI is InChI=1S/C15H19NO/c1-11(17)13-5-6-15-14(9-13)7-8-16(15)10-12-3-2-4-12/h5-6,9,12H,2-4,7-8,10H2,1H3. The second kappa shape index (κ2) is 4.17. The molecule has 1 saturated carbocycles. The second-order valence-corrected chi connectivity index (χ2v) is 5.39. The first kappa shape index (κ1) is 10.8. The highest BCUT2D eigenvalue weighted by molar-refractivity contribution is 5.94. The average molecular weight is 229 g/mol. The fourth-order valence-electron chi connectivity index (χ4n) is 2.87. The molecule has 0 bridgehead atoms. The van der Waals surface area contributed by atoms with Gasteiger partial charge in [-0.3, -0.25) is 4.79 Å². The Kier molecular flexibility index (Phi) is 2.65. The van der Waals surface area contributed by atoms with Crippen molar-refractivity contribution in [3.8, 4) is 0 Å². The van der Waals surface area contributed by atoms with Crippen LogP contribution in [0.5, 0.6) is 0 Å². The van der Waals surface area contributed by atoms with Crippen LogP contribution in [0.3, 0.4) is 0 Å². The maximum Gasteiger partial charge on any atom is 0.159 e. The van der Waals surface area contributed by atoms with Crippen LogP contribution in [0.25, 0.3) is 0 Å². The Hall–Kier alpha value is -1.31. The fraction of sp³-hybridized carbons (Fsp3) is 0.533. The van der Waals surface area contributed by atoms with E-state index in [1.165, 1.54) is 37.1 Å². The third kappa shape index (κ3) is 1.97. The zero-order valence-electron chi connectivity index (χ0n) is 10.4. The van der Waals surface area contributed by atoms with Gasteiger partial charge in [0.25, 0.3) is 0 Å². The minimum atomic E-state index is 0.172. The number of rotatable bonds is 3. The molecule has 0 N–H and O–H groups in total. The van der Waals surface area contributed by atoms with E-state index < -0.39 is 0 Å². The van der Waals surface area contributed by atoms with Gasteiger partial charge in [0.2, 0.25) is 0 Å². The maximum absolute atomic E-state index is 11.3. The van der Waals surface area contributed by atoms with Gasteiger partial charge in [0, 0.05) is 24.3 Å². The predicted octanol–water partition coefficient (Wildman–Crippen LogP) is 3.05. The van der Waals surface area contributed by atoms with Gasteiger partial charge in [0.15, 0.2) is 5.78 Å². The van der Waals surface area contributed by atoms with Crippen molar-refractivity contribution in [3.05, 3.63) is 29.3 Å². The van der Waals surface area contributed by atoms with Crippen LogP contribution in [0.1, 0.15) is 42.1 Å². The minimum absolute atomic E-state index is 0.172. The van der Waals surface area contributed by atoms with E-state index in [1.807, 2.05) is 6.07 Å². The van der Waals surface area contributed by atoms with E-state index in [0.717, 1.165) is 24.4 Å². The van der Waals surface area contributed by atoms with Gasteiger partial charge in [0.1, 0.15) is 0 Å². The van der Waals surface area contributed by atoms with Crippen molar-refractivity contribution in [3.63, 3.8) is 0 Å². The number of Topliss-reactive ketones (excluding diaryl/α,β-unsaturated/α-hetero) is 1. The quantitative estimate of drug-likeness (QED) is 0.742. The molecule has 0 unspecified atom stereocenters. The molecule has 0 spiro atoms. The zero-order chi connectivity index (χ0) is 11.8. The summed E-state index contributed by atoms with van der Waals surface area (Å²) in [5, 5.41) is 0. The van der Waals surface area contributed by atoms with Crippen molar-refractivity contribution in [2.45, 2.75) is 32.6 Å². The molecule has 0 atom stereocenters. The van der Waals surface area contributed by atoms with Gasteiger partial charge in [0.05, 0.1) is 0 Å². The highest BCUT2D eigenvalue weighted by atomic mass is 16.1. The van der Waals surface area contributed by atoms with Gasteiger partial charge in [-0.05, 0) is 55.9 Å². The van der Waals surface area contributed by atoms with Crippen molar-refractivity contribution in [2.24, 2.45) is 5.92 Å². The Morgan fingerprint density at radius 1 is 1.41 bits per heavy atom. The molecule has 1 aliphatic heterocycles. The van der Waals surface area contributed by atoms with E-state index in [9.17, 15) is 4.79 Å². The second-order valence-electron chi connectivity index (χ2n) is 5.39. The molecular formula is C15H19NO. The first-order valence-electron chi connectivity index (χ1n) is 6.63. The Balaban J connectivity index is 1.79. The third-order valence-corrected chi connectivity index (χ3v) is 4.18. The largest absolute Gasteiger partial charge is 0.371 e. The summed E-state index contributed by atoms with van der Waals surface area (Å²) in [6.07, 6.45) is 5.31. The van der Waals surface area contributed by atoms with Crippen LogP contribution >= 0.6 is 0 Å². The Morgan fingerprint density at radius 2 is 2.24 bits per heavy atom. The summed E-state index contributed by atoms with van der Waals surface area (Å²) in [5.41, 5.74) is 3.58. The Bertz CT molecular complexity index is 448. The lowest BCUT2D eigenvalue weighted by molar-refractivity contribution is 0.101. The minimum Gasteiger partial charge on any atom is -0.371 e. The predicted molar refractivity (Wildman–Crippen MR) is 69.7 cm³/mol. The van der Waals surface area contributed by atoms with E-state index >= 15 is 0 Å². The highest BCUT2D eigenvalue weighted by Gasteiger charge is 2.25. The molecule has 3 rings (SSSR count). The maximum atomic E-state index is 11.3. The molecule has 2 nitrogen and oxygen atoms in total. The molecular weight excluding hydrogens is 210 g/mol. The van der Waals surface area contributed by atoms with Crippen molar-refractivity contribution in [1.82, 2.24) is 0 Å². The van der Waals surface area contributed by atoms with E-state index in [-0.39, 0.29) is 5.78 Å². The Labute approximate surface area is 103 Å². The van der Waals surface area contributed by atoms with E-state index in [0.29, 0.717) is 0 Å². The number of benzene rings is 1. The monoisotopic (exact) mass is 229 g/mol. The van der Waals surface area contributed by atoms with Crippen LogP contribution in [-0.2, 0) is 6.42 Å². The Morgan fingerprint density at radius 3 is 2.88 bits per heavy atom. The van der Waals surface area contributed by atoms with Crippen LogP contribution in [-0.4, -0.2) is 18.9 Å². The van der Waals surface area contributed by atoms with Crippen molar-refractivity contribution < 1.29 is 4.79 Å². The number of carbonyl (C=O) groups excluding carboxylic acids is 1. The molecule has 1 aromatic rings. The van der Waals surface area contributed by atoms with Crippen LogP contribution in [0.15, 0.2) is 18.2 Å². The number of hydrogen-bond acceptors (Lipinski definition) is 2. The summed E-state index contributed by atoms with van der Waals surface area (Å²) in [4.78, 5) is 13.8. The van der Waals surface area contributed by atoms with Crippen LogP contribution in [0.2, 0.25) is 0 Å². The van der Waals surface area contributed by atoms with Gasteiger partial charge in [-0.2, -0.15) is 0 Å². The molecule has 2 aliphatic rings. The zero-order valence-corrected chi connectivity index (χ0v) is 10.4. The molecule has 1 fully saturated rings. The summed E-state index contributed by atoms with van der Waals surface area (Å²) in [6.45, 7) is 3.99. The van der Waals surface area contributed by atoms with Crippen LogP contribution in [0, 0.1) is 5.92 Å². The van der Waals surface area contributed by atoms with Gasteiger partial charge >= 0.3 is 0 Å². The molecule has 90 valence electrons. The molecule has 2 heteroatoms. The van der Waals surface area contributed by atoms with Gasteiger partial charge in [-0.15, -0.1) is 0 Å². The summed E-state index contributed by atoms with van der Waals surface area (Å²) in [5.74, 6) is 1.08. The molecule has 17 heavy (non-hydrogen) atoms. The number of carbonyl (C=O) groups is 1. The number of fused-ring (bicyclic) bond motifs is 1. The summed E-state index contributed by atoms with van der Waals surface area (Å²) in [7, 11) is 0. The van der Waals surface area contributed by atoms with Crippen LogP contribution in [0.4, 0.5) is 5.69 Å². The smallest absolute Gasteiger partial charge is 0.159 e. The van der Waals surface area contributed by atoms with Gasteiger partial charge in [-0.1, -0.05) is 6.42 Å². The number of anilines is 1. The lowest BCUT2D eigenvalue weighted by Gasteiger charge is -2.31. The summed E-state index contributed by atoms with van der Waals surface area (Å²) in [6, 6.07) is 6.19. The molecule has 0 amide bonds. The normalized spacial score (nSPS) is 19.0.